The summed E-state index contributed by atoms with van der Waals surface area (Å²) in [6.45, 7) is 9.00. The Morgan fingerprint density at radius 1 is 1.58 bits per heavy atom. The second-order valence-corrected chi connectivity index (χ2v) is 3.99. The standard InChI is InChI=1S/C9H20N2O/c1-8(2)5-11-4-3-10-9(6-11)7-12/h8-10,12H,3-7H2,1-2H3/t9-/m1/s1. The number of aliphatic hydroxyl groups is 1. The highest BCUT2D eigenvalue weighted by molar-refractivity contribution is 4.77. The first-order chi connectivity index (χ1) is 5.72. The third-order valence-electron chi connectivity index (χ3n) is 2.18. The topological polar surface area (TPSA) is 35.5 Å². The van der Waals surface area contributed by atoms with Gasteiger partial charge in [0.05, 0.1) is 6.61 Å². The quantitative estimate of drug-likeness (QED) is 0.624. The zero-order valence-electron chi connectivity index (χ0n) is 8.08. The highest BCUT2D eigenvalue weighted by Gasteiger charge is 2.18. The minimum absolute atomic E-state index is 0.259. The van der Waals surface area contributed by atoms with E-state index in [-0.39, 0.29) is 12.6 Å². The number of hydrogen-bond donors (Lipinski definition) is 2. The van der Waals surface area contributed by atoms with Crippen LogP contribution >= 0.6 is 0 Å². The smallest absolute Gasteiger partial charge is 0.0597 e. The number of aliphatic hydroxyl groups excluding tert-OH is 1. The predicted octanol–water partition coefficient (Wildman–Crippen LogP) is -0.0915. The number of nitrogens with one attached hydrogen (secondary N) is 1. The first kappa shape index (κ1) is 9.96. The number of piperazine rings is 1. The lowest BCUT2D eigenvalue weighted by Gasteiger charge is -2.33. The Kier molecular flexibility index (Phi) is 3.98. The van der Waals surface area contributed by atoms with Crippen molar-refractivity contribution in [1.29, 1.82) is 0 Å². The summed E-state index contributed by atoms with van der Waals surface area (Å²) in [5.41, 5.74) is 0. The van der Waals surface area contributed by atoms with E-state index in [0.717, 1.165) is 32.1 Å². The van der Waals surface area contributed by atoms with Gasteiger partial charge < -0.3 is 15.3 Å². The van der Waals surface area contributed by atoms with Crippen LogP contribution in [0.25, 0.3) is 0 Å². The Morgan fingerprint density at radius 2 is 2.33 bits per heavy atom. The Balaban J connectivity index is 2.25. The van der Waals surface area contributed by atoms with Gasteiger partial charge in [0.2, 0.25) is 0 Å². The molecular weight excluding hydrogens is 152 g/mol. The molecule has 0 aromatic heterocycles. The van der Waals surface area contributed by atoms with Gasteiger partial charge in [-0.15, -0.1) is 0 Å². The molecule has 0 spiro atoms. The van der Waals surface area contributed by atoms with Crippen LogP contribution in [0.5, 0.6) is 0 Å². The number of rotatable bonds is 3. The van der Waals surface area contributed by atoms with Crippen molar-refractivity contribution < 1.29 is 5.11 Å². The predicted molar refractivity (Wildman–Crippen MR) is 50.2 cm³/mol. The van der Waals surface area contributed by atoms with Crippen LogP contribution in [0.2, 0.25) is 0 Å². The zero-order chi connectivity index (χ0) is 8.97. The van der Waals surface area contributed by atoms with Gasteiger partial charge in [0.25, 0.3) is 0 Å². The van der Waals surface area contributed by atoms with E-state index in [9.17, 15) is 0 Å². The molecule has 72 valence electrons. The summed E-state index contributed by atoms with van der Waals surface area (Å²) in [6.07, 6.45) is 0. The first-order valence-electron chi connectivity index (χ1n) is 4.79. The fourth-order valence-electron chi connectivity index (χ4n) is 1.70. The lowest BCUT2D eigenvalue weighted by molar-refractivity contribution is 0.138. The SMILES string of the molecule is CC(C)CN1CCN[C@@H](CO)C1. The minimum Gasteiger partial charge on any atom is -0.395 e. The second kappa shape index (κ2) is 4.80. The van der Waals surface area contributed by atoms with Gasteiger partial charge in [-0.25, -0.2) is 0 Å². The van der Waals surface area contributed by atoms with E-state index in [4.69, 9.17) is 5.11 Å². The minimum atomic E-state index is 0.259. The van der Waals surface area contributed by atoms with Crippen LogP contribution in [0.3, 0.4) is 0 Å². The van der Waals surface area contributed by atoms with Crippen molar-refractivity contribution in [2.45, 2.75) is 19.9 Å². The van der Waals surface area contributed by atoms with E-state index in [1.54, 1.807) is 0 Å². The third-order valence-corrected chi connectivity index (χ3v) is 2.18. The van der Waals surface area contributed by atoms with E-state index in [1.807, 2.05) is 0 Å². The molecule has 0 radical (unpaired) electrons. The van der Waals surface area contributed by atoms with Crippen LogP contribution in [-0.2, 0) is 0 Å². The molecule has 3 nitrogen and oxygen atoms in total. The lowest BCUT2D eigenvalue weighted by Crippen LogP contribution is -2.52. The number of hydrogen-bond acceptors (Lipinski definition) is 3. The summed E-state index contributed by atoms with van der Waals surface area (Å²) in [5, 5.41) is 12.2. The van der Waals surface area contributed by atoms with Crippen LogP contribution in [0.1, 0.15) is 13.8 Å². The Hall–Kier alpha value is -0.120. The van der Waals surface area contributed by atoms with E-state index in [0.29, 0.717) is 0 Å². The van der Waals surface area contributed by atoms with Crippen molar-refractivity contribution in [2.75, 3.05) is 32.8 Å². The average Bonchev–Trinajstić information content (AvgIpc) is 2.03. The van der Waals surface area contributed by atoms with Crippen LogP contribution in [-0.4, -0.2) is 48.8 Å². The highest BCUT2D eigenvalue weighted by atomic mass is 16.3. The Labute approximate surface area is 74.8 Å². The lowest BCUT2D eigenvalue weighted by atomic mass is 10.1. The molecule has 0 bridgehead atoms. The van der Waals surface area contributed by atoms with E-state index < -0.39 is 0 Å². The molecule has 3 heteroatoms. The average molecular weight is 172 g/mol. The summed E-state index contributed by atoms with van der Waals surface area (Å²) in [5.74, 6) is 0.724. The van der Waals surface area contributed by atoms with Crippen molar-refractivity contribution in [2.24, 2.45) is 5.92 Å². The van der Waals surface area contributed by atoms with Crippen LogP contribution in [0, 0.1) is 5.92 Å². The molecule has 1 heterocycles. The maximum absolute atomic E-state index is 8.95. The molecule has 2 N–H and O–H groups in total. The van der Waals surface area contributed by atoms with Crippen LogP contribution in [0.4, 0.5) is 0 Å². The van der Waals surface area contributed by atoms with Gasteiger partial charge in [0.1, 0.15) is 0 Å². The fourth-order valence-corrected chi connectivity index (χ4v) is 1.70. The molecule has 1 atom stereocenters. The Morgan fingerprint density at radius 3 is 2.92 bits per heavy atom. The maximum atomic E-state index is 8.95. The van der Waals surface area contributed by atoms with E-state index in [2.05, 4.69) is 24.1 Å². The molecule has 1 fully saturated rings. The molecule has 1 aliphatic rings. The van der Waals surface area contributed by atoms with Gasteiger partial charge >= 0.3 is 0 Å². The second-order valence-electron chi connectivity index (χ2n) is 3.99. The summed E-state index contributed by atoms with van der Waals surface area (Å²) in [7, 11) is 0. The van der Waals surface area contributed by atoms with Crippen molar-refractivity contribution in [3.63, 3.8) is 0 Å². The normalized spacial score (nSPS) is 26.5. The molecule has 0 aromatic rings. The van der Waals surface area contributed by atoms with Gasteiger partial charge in [-0.05, 0) is 5.92 Å². The van der Waals surface area contributed by atoms with Crippen LogP contribution < -0.4 is 5.32 Å². The molecule has 0 unspecified atom stereocenters. The molecule has 1 aliphatic heterocycles. The molecule has 1 saturated heterocycles. The van der Waals surface area contributed by atoms with Gasteiger partial charge in [-0.1, -0.05) is 13.8 Å². The van der Waals surface area contributed by atoms with Crippen molar-refractivity contribution in [1.82, 2.24) is 10.2 Å². The molecule has 0 saturated carbocycles. The van der Waals surface area contributed by atoms with Gasteiger partial charge in [0.15, 0.2) is 0 Å². The molecule has 12 heavy (non-hydrogen) atoms. The molecular formula is C9H20N2O. The fraction of sp³-hybridized carbons (Fsp3) is 1.00. The zero-order valence-corrected chi connectivity index (χ0v) is 8.08. The van der Waals surface area contributed by atoms with Gasteiger partial charge in [0, 0.05) is 32.2 Å². The third kappa shape index (κ3) is 3.09. The first-order valence-corrected chi connectivity index (χ1v) is 4.79. The van der Waals surface area contributed by atoms with Crippen molar-refractivity contribution >= 4 is 0 Å². The van der Waals surface area contributed by atoms with Crippen molar-refractivity contribution in [3.8, 4) is 0 Å². The van der Waals surface area contributed by atoms with Gasteiger partial charge in [-0.2, -0.15) is 0 Å². The van der Waals surface area contributed by atoms with E-state index in [1.165, 1.54) is 0 Å². The largest absolute Gasteiger partial charge is 0.395 e. The van der Waals surface area contributed by atoms with Crippen molar-refractivity contribution in [3.05, 3.63) is 0 Å². The summed E-state index contributed by atoms with van der Waals surface area (Å²) < 4.78 is 0. The van der Waals surface area contributed by atoms with Gasteiger partial charge in [-0.3, -0.25) is 0 Å². The van der Waals surface area contributed by atoms with Crippen LogP contribution in [0.15, 0.2) is 0 Å². The summed E-state index contributed by atoms with van der Waals surface area (Å²) in [6, 6.07) is 0.289. The van der Waals surface area contributed by atoms with E-state index >= 15 is 0 Å². The molecule has 0 aliphatic carbocycles. The molecule has 1 rings (SSSR count). The highest BCUT2D eigenvalue weighted by Crippen LogP contribution is 2.02. The molecule has 0 amide bonds. The summed E-state index contributed by atoms with van der Waals surface area (Å²) >= 11 is 0. The monoisotopic (exact) mass is 172 g/mol. The summed E-state index contributed by atoms with van der Waals surface area (Å²) in [4.78, 5) is 2.42. The number of nitrogens with zero attached hydrogens (tertiary/aromatic N) is 1. The Bertz CT molecular complexity index is 128. The molecule has 0 aromatic carbocycles. The maximum Gasteiger partial charge on any atom is 0.0597 e.